The second-order valence-electron chi connectivity index (χ2n) is 8.62. The maximum Gasteiger partial charge on any atom is 0.407 e. The van der Waals surface area contributed by atoms with Gasteiger partial charge in [0.25, 0.3) is 0 Å². The summed E-state index contributed by atoms with van der Waals surface area (Å²) in [6, 6.07) is 9.59. The lowest BCUT2D eigenvalue weighted by atomic mass is 10.0. The Morgan fingerprint density at radius 1 is 1.21 bits per heavy atom. The van der Waals surface area contributed by atoms with Crippen molar-refractivity contribution in [2.45, 2.75) is 26.3 Å². The van der Waals surface area contributed by atoms with Gasteiger partial charge in [-0.25, -0.2) is 9.78 Å². The molecule has 2 aliphatic heterocycles. The van der Waals surface area contributed by atoms with Gasteiger partial charge in [0.15, 0.2) is 5.75 Å². The fourth-order valence-corrected chi connectivity index (χ4v) is 4.99. The van der Waals surface area contributed by atoms with Gasteiger partial charge in [-0.05, 0) is 44.5 Å². The highest BCUT2D eigenvalue weighted by atomic mass is 16.5. The molecule has 9 heteroatoms. The van der Waals surface area contributed by atoms with E-state index in [-0.39, 0.29) is 6.04 Å². The molecular weight excluding hydrogens is 434 g/mol. The van der Waals surface area contributed by atoms with Crippen molar-refractivity contribution >= 4 is 22.7 Å². The fraction of sp³-hybridized carbons (Fsp3) is 0.280. The first-order chi connectivity index (χ1) is 16.5. The van der Waals surface area contributed by atoms with Gasteiger partial charge < -0.3 is 23.8 Å². The van der Waals surface area contributed by atoms with Crippen molar-refractivity contribution < 1.29 is 19.2 Å². The summed E-state index contributed by atoms with van der Waals surface area (Å²) in [6.07, 6.45) is 3.58. The zero-order valence-corrected chi connectivity index (χ0v) is 18.9. The van der Waals surface area contributed by atoms with E-state index in [0.717, 1.165) is 56.5 Å². The molecule has 172 valence electrons. The number of amides is 1. The van der Waals surface area contributed by atoms with E-state index in [9.17, 15) is 9.90 Å². The Bertz CT molecular complexity index is 1430. The predicted molar refractivity (Wildman–Crippen MR) is 125 cm³/mol. The number of imidazole rings is 1. The number of carbonyl (C=O) groups is 1. The molecule has 4 aromatic rings. The van der Waals surface area contributed by atoms with E-state index in [2.05, 4.69) is 20.8 Å². The smallest absolute Gasteiger partial charge is 0.407 e. The average molecular weight is 457 g/mol. The number of pyridine rings is 1. The van der Waals surface area contributed by atoms with Crippen molar-refractivity contribution in [3.8, 4) is 16.9 Å². The zero-order valence-electron chi connectivity index (χ0n) is 18.9. The van der Waals surface area contributed by atoms with Gasteiger partial charge in [0.1, 0.15) is 29.8 Å². The fourth-order valence-electron chi connectivity index (χ4n) is 4.99. The summed E-state index contributed by atoms with van der Waals surface area (Å²) in [6.45, 7) is 4.95. The highest BCUT2D eigenvalue weighted by Gasteiger charge is 2.33. The van der Waals surface area contributed by atoms with Crippen LogP contribution >= 0.6 is 0 Å². The van der Waals surface area contributed by atoms with Crippen LogP contribution < -0.4 is 4.74 Å². The lowest BCUT2D eigenvalue weighted by Gasteiger charge is -2.30. The summed E-state index contributed by atoms with van der Waals surface area (Å²) in [5, 5.41) is 13.7. The first-order valence-corrected chi connectivity index (χ1v) is 11.2. The van der Waals surface area contributed by atoms with E-state index < -0.39 is 6.09 Å². The number of rotatable bonds is 3. The molecule has 2 aliphatic rings. The largest absolute Gasteiger partial charge is 0.488 e. The lowest BCUT2D eigenvalue weighted by Crippen LogP contribution is -2.35. The summed E-state index contributed by atoms with van der Waals surface area (Å²) in [5.41, 5.74) is 6.01. The molecule has 0 unspecified atom stereocenters. The van der Waals surface area contributed by atoms with Crippen LogP contribution in [0.5, 0.6) is 5.75 Å². The van der Waals surface area contributed by atoms with Crippen molar-refractivity contribution in [1.82, 2.24) is 24.6 Å². The molecule has 1 aromatic carbocycles. The van der Waals surface area contributed by atoms with Gasteiger partial charge in [0.2, 0.25) is 0 Å². The highest BCUT2D eigenvalue weighted by Crippen LogP contribution is 2.45. The quantitative estimate of drug-likeness (QED) is 0.484. The molecule has 0 saturated carbocycles. The Labute approximate surface area is 195 Å². The predicted octanol–water partition coefficient (Wildman–Crippen LogP) is 4.45. The van der Waals surface area contributed by atoms with Crippen molar-refractivity contribution in [2.24, 2.45) is 0 Å². The van der Waals surface area contributed by atoms with Crippen molar-refractivity contribution in [1.29, 1.82) is 0 Å². The summed E-state index contributed by atoms with van der Waals surface area (Å²) < 4.78 is 14.0. The van der Waals surface area contributed by atoms with E-state index in [4.69, 9.17) is 14.2 Å². The standard InChI is InChI=1S/C25H23N5O4/c1-14-21(15(2)34-28-14)17-8-9-19-22-23(17)33-13-20(18-7-3-4-10-26-18)30(22)24(27-19)16-6-5-11-29(12-16)25(31)32/h3-4,6-10,20H,5,11-13H2,1-2H3,(H,31,32)/t20-/m1/s1. The summed E-state index contributed by atoms with van der Waals surface area (Å²) in [4.78, 5) is 22.7. The third kappa shape index (κ3) is 3.07. The topological polar surface area (TPSA) is 107 Å². The Hall–Kier alpha value is -4.14. The van der Waals surface area contributed by atoms with Gasteiger partial charge in [-0.3, -0.25) is 4.98 Å². The second-order valence-corrected chi connectivity index (χ2v) is 8.62. The lowest BCUT2D eigenvalue weighted by molar-refractivity contribution is 0.150. The summed E-state index contributed by atoms with van der Waals surface area (Å²) in [7, 11) is 0. The van der Waals surface area contributed by atoms with E-state index in [1.165, 1.54) is 4.90 Å². The number of hydrogen-bond acceptors (Lipinski definition) is 6. The van der Waals surface area contributed by atoms with Gasteiger partial charge in [-0.15, -0.1) is 0 Å². The van der Waals surface area contributed by atoms with Gasteiger partial charge >= 0.3 is 6.09 Å². The molecule has 0 aliphatic carbocycles. The third-order valence-corrected chi connectivity index (χ3v) is 6.54. The molecule has 1 N–H and O–H groups in total. The highest BCUT2D eigenvalue weighted by molar-refractivity contribution is 5.94. The van der Waals surface area contributed by atoms with Gasteiger partial charge in [0, 0.05) is 23.9 Å². The molecule has 0 spiro atoms. The van der Waals surface area contributed by atoms with Crippen molar-refractivity contribution in [3.63, 3.8) is 0 Å². The maximum absolute atomic E-state index is 11.7. The molecule has 0 fully saturated rings. The van der Waals surface area contributed by atoms with Crippen LogP contribution in [0.3, 0.4) is 0 Å². The van der Waals surface area contributed by atoms with Crippen LogP contribution in [0.15, 0.2) is 47.1 Å². The molecule has 6 rings (SSSR count). The molecule has 34 heavy (non-hydrogen) atoms. The molecule has 5 heterocycles. The normalized spacial score (nSPS) is 17.5. The zero-order chi connectivity index (χ0) is 23.4. The van der Waals surface area contributed by atoms with Crippen molar-refractivity contribution in [3.05, 3.63) is 65.6 Å². The van der Waals surface area contributed by atoms with Crippen LogP contribution in [-0.4, -0.2) is 55.5 Å². The maximum atomic E-state index is 11.7. The Kier molecular flexibility index (Phi) is 4.65. The first kappa shape index (κ1) is 20.5. The van der Waals surface area contributed by atoms with Crippen LogP contribution in [-0.2, 0) is 0 Å². The molecular formula is C25H23N5O4. The Balaban J connectivity index is 1.61. The Morgan fingerprint density at radius 2 is 2.09 bits per heavy atom. The van der Waals surface area contributed by atoms with Crippen LogP contribution in [0, 0.1) is 13.8 Å². The van der Waals surface area contributed by atoms with Gasteiger partial charge in [-0.2, -0.15) is 0 Å². The molecule has 1 atom stereocenters. The van der Waals surface area contributed by atoms with Gasteiger partial charge in [0.05, 0.1) is 29.0 Å². The number of ether oxygens (including phenoxy) is 1. The van der Waals surface area contributed by atoms with E-state index in [1.54, 1.807) is 6.20 Å². The molecule has 9 nitrogen and oxygen atoms in total. The van der Waals surface area contributed by atoms with Crippen molar-refractivity contribution in [2.75, 3.05) is 19.7 Å². The molecule has 0 bridgehead atoms. The second kappa shape index (κ2) is 7.72. The third-order valence-electron chi connectivity index (χ3n) is 6.54. The minimum Gasteiger partial charge on any atom is -0.488 e. The summed E-state index contributed by atoms with van der Waals surface area (Å²) >= 11 is 0. The number of carboxylic acid groups (broad SMARTS) is 1. The number of hydrogen-bond donors (Lipinski definition) is 1. The SMILES string of the molecule is Cc1noc(C)c1-c1ccc2nc(C3=CCCN(C(=O)O)C3)n3c2c1OC[C@@H]3c1ccccn1. The van der Waals surface area contributed by atoms with E-state index in [0.29, 0.717) is 26.1 Å². The van der Waals surface area contributed by atoms with Gasteiger partial charge in [-0.1, -0.05) is 17.3 Å². The number of aryl methyl sites for hydroxylation is 2. The first-order valence-electron chi connectivity index (χ1n) is 11.2. The molecule has 3 aromatic heterocycles. The van der Waals surface area contributed by atoms with Crippen LogP contribution in [0.2, 0.25) is 0 Å². The van der Waals surface area contributed by atoms with Crippen LogP contribution in [0.1, 0.15) is 35.4 Å². The van der Waals surface area contributed by atoms with Crippen LogP contribution in [0.25, 0.3) is 27.7 Å². The minimum absolute atomic E-state index is 0.199. The number of aromatic nitrogens is 4. The monoisotopic (exact) mass is 457 g/mol. The minimum atomic E-state index is -0.925. The van der Waals surface area contributed by atoms with Crippen LogP contribution in [0.4, 0.5) is 4.79 Å². The van der Waals surface area contributed by atoms with E-state index in [1.807, 2.05) is 44.2 Å². The van der Waals surface area contributed by atoms with E-state index >= 15 is 0 Å². The molecule has 0 saturated heterocycles. The molecule has 1 amide bonds. The number of benzene rings is 1. The Morgan fingerprint density at radius 3 is 2.82 bits per heavy atom. The average Bonchev–Trinajstić information content (AvgIpc) is 3.41. The number of nitrogens with zero attached hydrogens (tertiary/aromatic N) is 5. The molecule has 0 radical (unpaired) electrons. The summed E-state index contributed by atoms with van der Waals surface area (Å²) in [5.74, 6) is 2.20.